The second kappa shape index (κ2) is 12.0. The monoisotopic (exact) mass is 411 g/mol. The van der Waals surface area contributed by atoms with E-state index in [1.807, 2.05) is 30.3 Å². The molecule has 2 rings (SSSR count). The molecule has 0 heterocycles. The van der Waals surface area contributed by atoms with Gasteiger partial charge in [-0.3, -0.25) is 30.0 Å². The van der Waals surface area contributed by atoms with E-state index in [4.69, 9.17) is 4.74 Å². The van der Waals surface area contributed by atoms with Gasteiger partial charge in [-0.15, -0.1) is 0 Å². The summed E-state index contributed by atoms with van der Waals surface area (Å²) in [5, 5.41) is 2.67. The Morgan fingerprint density at radius 1 is 0.833 bits per heavy atom. The fraction of sp³-hybridized carbons (Fsp3) is 0.273. The molecule has 0 saturated carbocycles. The third-order valence-electron chi connectivity index (χ3n) is 4.12. The van der Waals surface area contributed by atoms with Crippen LogP contribution in [-0.2, 0) is 25.5 Å². The molecular formula is C22H25N3O5. The van der Waals surface area contributed by atoms with Crippen molar-refractivity contribution < 1.29 is 23.9 Å². The number of anilines is 1. The number of carbonyl (C=O) groups is 4. The van der Waals surface area contributed by atoms with Gasteiger partial charge in [-0.05, 0) is 29.8 Å². The fourth-order valence-corrected chi connectivity index (χ4v) is 2.43. The number of hydrogen-bond acceptors (Lipinski definition) is 5. The number of hydrogen-bond donors (Lipinski definition) is 3. The first-order valence-corrected chi connectivity index (χ1v) is 9.66. The van der Waals surface area contributed by atoms with Crippen molar-refractivity contribution in [2.24, 2.45) is 0 Å². The molecule has 0 aromatic heterocycles. The minimum atomic E-state index is -0.512. The highest BCUT2D eigenvalue weighted by atomic mass is 16.5. The number of carbonyl (C=O) groups excluding carboxylic acids is 4. The zero-order valence-corrected chi connectivity index (χ0v) is 16.8. The Labute approximate surface area is 175 Å². The van der Waals surface area contributed by atoms with E-state index in [1.165, 1.54) is 12.1 Å². The first-order chi connectivity index (χ1) is 14.5. The standard InChI is InChI=1S/C22H25N3O5/c1-2-19(26)23-18-10-8-17(9-11-18)22(29)25-24-20(27)12-13-21(28)30-15-14-16-6-4-3-5-7-16/h3-11H,2,12-15H2,1H3,(H,23,26)(H,24,27)(H,25,29). The SMILES string of the molecule is CCC(=O)Nc1ccc(C(=O)NNC(=O)CCC(=O)OCCc2ccccc2)cc1. The largest absolute Gasteiger partial charge is 0.465 e. The normalized spacial score (nSPS) is 10.0. The molecule has 0 aliphatic rings. The van der Waals surface area contributed by atoms with E-state index in [9.17, 15) is 19.2 Å². The molecule has 3 N–H and O–H groups in total. The number of rotatable bonds is 9. The Morgan fingerprint density at radius 3 is 2.20 bits per heavy atom. The minimum Gasteiger partial charge on any atom is -0.465 e. The van der Waals surface area contributed by atoms with Crippen LogP contribution in [0.3, 0.4) is 0 Å². The minimum absolute atomic E-state index is 0.0810. The van der Waals surface area contributed by atoms with E-state index in [2.05, 4.69) is 16.2 Å². The summed E-state index contributed by atoms with van der Waals surface area (Å²) in [7, 11) is 0. The van der Waals surface area contributed by atoms with Crippen molar-refractivity contribution in [2.75, 3.05) is 11.9 Å². The average Bonchev–Trinajstić information content (AvgIpc) is 2.77. The maximum Gasteiger partial charge on any atom is 0.306 e. The Kier molecular flexibility index (Phi) is 9.05. The highest BCUT2D eigenvalue weighted by molar-refractivity contribution is 5.96. The van der Waals surface area contributed by atoms with Gasteiger partial charge in [-0.1, -0.05) is 37.3 Å². The third-order valence-corrected chi connectivity index (χ3v) is 4.12. The molecule has 8 heteroatoms. The average molecular weight is 411 g/mol. The summed E-state index contributed by atoms with van der Waals surface area (Å²) in [6, 6.07) is 15.9. The van der Waals surface area contributed by atoms with Gasteiger partial charge in [0.25, 0.3) is 5.91 Å². The quantitative estimate of drug-likeness (QED) is 0.433. The van der Waals surface area contributed by atoms with Crippen molar-refractivity contribution in [3.8, 4) is 0 Å². The van der Waals surface area contributed by atoms with Crippen molar-refractivity contribution in [3.63, 3.8) is 0 Å². The number of ether oxygens (including phenoxy) is 1. The van der Waals surface area contributed by atoms with E-state index in [0.717, 1.165) is 5.56 Å². The Bertz CT molecular complexity index is 866. The summed E-state index contributed by atoms with van der Waals surface area (Å²) in [5.41, 5.74) is 6.49. The Morgan fingerprint density at radius 2 is 1.53 bits per heavy atom. The lowest BCUT2D eigenvalue weighted by atomic mass is 10.2. The lowest BCUT2D eigenvalue weighted by molar-refractivity contribution is -0.144. The molecule has 0 atom stereocenters. The van der Waals surface area contributed by atoms with Gasteiger partial charge >= 0.3 is 5.97 Å². The lowest BCUT2D eigenvalue weighted by Crippen LogP contribution is -2.41. The maximum absolute atomic E-state index is 12.0. The van der Waals surface area contributed by atoms with Crippen LogP contribution in [0, 0.1) is 0 Å². The van der Waals surface area contributed by atoms with Crippen LogP contribution in [0.25, 0.3) is 0 Å². The molecule has 0 aliphatic carbocycles. The van der Waals surface area contributed by atoms with E-state index in [-0.39, 0.29) is 25.4 Å². The van der Waals surface area contributed by atoms with Gasteiger partial charge in [0.05, 0.1) is 13.0 Å². The topological polar surface area (TPSA) is 114 Å². The molecule has 2 aromatic rings. The predicted molar refractivity (Wildman–Crippen MR) is 111 cm³/mol. The number of esters is 1. The molecular weight excluding hydrogens is 386 g/mol. The zero-order valence-electron chi connectivity index (χ0n) is 16.8. The molecule has 0 unspecified atom stereocenters. The number of nitrogens with one attached hydrogen (secondary N) is 3. The molecule has 0 fully saturated rings. The van der Waals surface area contributed by atoms with Crippen LogP contribution in [0.5, 0.6) is 0 Å². The number of amides is 3. The summed E-state index contributed by atoms with van der Waals surface area (Å²) in [4.78, 5) is 46.9. The summed E-state index contributed by atoms with van der Waals surface area (Å²) >= 11 is 0. The molecule has 0 saturated heterocycles. The van der Waals surface area contributed by atoms with Gasteiger partial charge in [0.1, 0.15) is 0 Å². The Hall–Kier alpha value is -3.68. The van der Waals surface area contributed by atoms with Crippen molar-refractivity contribution in [3.05, 3.63) is 65.7 Å². The third kappa shape index (κ3) is 8.14. The molecule has 30 heavy (non-hydrogen) atoms. The lowest BCUT2D eigenvalue weighted by Gasteiger charge is -2.09. The van der Waals surface area contributed by atoms with Crippen molar-refractivity contribution in [2.45, 2.75) is 32.6 Å². The highest BCUT2D eigenvalue weighted by Gasteiger charge is 2.11. The fourth-order valence-electron chi connectivity index (χ4n) is 2.43. The first-order valence-electron chi connectivity index (χ1n) is 9.66. The van der Waals surface area contributed by atoms with Gasteiger partial charge in [-0.25, -0.2) is 0 Å². The van der Waals surface area contributed by atoms with E-state index in [0.29, 0.717) is 24.1 Å². The van der Waals surface area contributed by atoms with E-state index >= 15 is 0 Å². The molecule has 0 aliphatic heterocycles. The van der Waals surface area contributed by atoms with Gasteiger partial charge < -0.3 is 10.1 Å². The Balaban J connectivity index is 1.64. The molecule has 2 aromatic carbocycles. The second-order valence-electron chi connectivity index (χ2n) is 6.44. The highest BCUT2D eigenvalue weighted by Crippen LogP contribution is 2.09. The summed E-state index contributed by atoms with van der Waals surface area (Å²) < 4.78 is 5.10. The molecule has 0 spiro atoms. The van der Waals surface area contributed by atoms with Gasteiger partial charge in [-0.2, -0.15) is 0 Å². The molecule has 0 bridgehead atoms. The zero-order chi connectivity index (χ0) is 21.8. The first kappa shape index (κ1) is 22.6. The summed E-state index contributed by atoms with van der Waals surface area (Å²) in [6.07, 6.45) is 0.777. The molecule has 8 nitrogen and oxygen atoms in total. The van der Waals surface area contributed by atoms with Gasteiger partial charge in [0.15, 0.2) is 0 Å². The number of hydrazine groups is 1. The summed E-state index contributed by atoms with van der Waals surface area (Å²) in [6.45, 7) is 1.99. The van der Waals surface area contributed by atoms with Crippen LogP contribution in [0.15, 0.2) is 54.6 Å². The van der Waals surface area contributed by atoms with Crippen LogP contribution in [0.1, 0.15) is 42.1 Å². The van der Waals surface area contributed by atoms with Crippen molar-refractivity contribution >= 4 is 29.4 Å². The van der Waals surface area contributed by atoms with Crippen molar-refractivity contribution in [1.29, 1.82) is 0 Å². The van der Waals surface area contributed by atoms with Gasteiger partial charge in [0, 0.05) is 30.5 Å². The molecule has 3 amide bonds. The van der Waals surface area contributed by atoms with Gasteiger partial charge in [0.2, 0.25) is 11.8 Å². The van der Waals surface area contributed by atoms with Crippen LogP contribution in [0.2, 0.25) is 0 Å². The van der Waals surface area contributed by atoms with Crippen LogP contribution in [0.4, 0.5) is 5.69 Å². The smallest absolute Gasteiger partial charge is 0.306 e. The van der Waals surface area contributed by atoms with Crippen LogP contribution >= 0.6 is 0 Å². The van der Waals surface area contributed by atoms with Crippen LogP contribution < -0.4 is 16.2 Å². The molecule has 158 valence electrons. The number of benzene rings is 2. The predicted octanol–water partition coefficient (Wildman–Crippen LogP) is 2.36. The van der Waals surface area contributed by atoms with E-state index < -0.39 is 17.8 Å². The maximum atomic E-state index is 12.0. The summed E-state index contributed by atoms with van der Waals surface area (Å²) in [5.74, 6) is -1.62. The van der Waals surface area contributed by atoms with Crippen LogP contribution in [-0.4, -0.2) is 30.3 Å². The molecule has 0 radical (unpaired) electrons. The van der Waals surface area contributed by atoms with Crippen molar-refractivity contribution in [1.82, 2.24) is 10.9 Å². The second-order valence-corrected chi connectivity index (χ2v) is 6.44. The van der Waals surface area contributed by atoms with E-state index in [1.54, 1.807) is 19.1 Å².